The number of hydrogen-bond acceptors (Lipinski definition) is 8. The van der Waals surface area contributed by atoms with Crippen LogP contribution in [0.1, 0.15) is 194 Å². The van der Waals surface area contributed by atoms with Crippen LogP contribution < -0.4 is 4.89 Å². The van der Waals surface area contributed by atoms with Gasteiger partial charge in [0.1, 0.15) is 19.8 Å². The van der Waals surface area contributed by atoms with Crippen molar-refractivity contribution in [3.63, 3.8) is 0 Å². The van der Waals surface area contributed by atoms with Crippen LogP contribution in [0.4, 0.5) is 0 Å². The number of phosphoric ester groups is 1. The van der Waals surface area contributed by atoms with Crippen molar-refractivity contribution in [2.24, 2.45) is 0 Å². The first-order chi connectivity index (χ1) is 35.0. The number of esters is 2. The third kappa shape index (κ3) is 55.5. The van der Waals surface area contributed by atoms with Gasteiger partial charge < -0.3 is 27.9 Å². The lowest BCUT2D eigenvalue weighted by atomic mass is 10.1. The van der Waals surface area contributed by atoms with Gasteiger partial charge in [0.05, 0.1) is 27.7 Å². The molecule has 10 heteroatoms. The highest BCUT2D eigenvalue weighted by molar-refractivity contribution is 7.45. The molecule has 0 aliphatic heterocycles. The van der Waals surface area contributed by atoms with E-state index in [1.54, 1.807) is 0 Å². The SMILES string of the molecule is CC/C=C\C/C=C\C/C=C\C/C=C\C/C=C\C/C=C\C/C=C\C/C=C\C/C=C\C/C=C\C/C=C\CCCCCCCC(=O)OC(COC(=O)CCCCCCCCCCC)COP(=O)([O-])OCC[N+](C)(C)C. The zero-order chi connectivity index (χ0) is 52.7. The summed E-state index contributed by atoms with van der Waals surface area (Å²) in [5.74, 6) is -0.869. The lowest BCUT2D eigenvalue weighted by molar-refractivity contribution is -0.870. The molecule has 0 saturated heterocycles. The first-order valence-electron chi connectivity index (χ1n) is 27.9. The molecule has 9 nitrogen and oxygen atoms in total. The highest BCUT2D eigenvalue weighted by Gasteiger charge is 2.21. The maximum atomic E-state index is 12.7. The topological polar surface area (TPSA) is 111 Å². The van der Waals surface area contributed by atoms with Crippen molar-refractivity contribution < 1.29 is 42.1 Å². The second kappa shape index (κ2) is 52.0. The fourth-order valence-corrected chi connectivity index (χ4v) is 7.62. The Balaban J connectivity index is 4.13. The van der Waals surface area contributed by atoms with E-state index in [0.717, 1.165) is 122 Å². The first-order valence-corrected chi connectivity index (χ1v) is 29.4. The molecule has 0 saturated carbocycles. The van der Waals surface area contributed by atoms with Gasteiger partial charge in [-0.25, -0.2) is 0 Å². The van der Waals surface area contributed by atoms with Gasteiger partial charge in [0, 0.05) is 12.8 Å². The molecule has 2 atom stereocenters. The summed E-state index contributed by atoms with van der Waals surface area (Å²) in [6.07, 6.45) is 75.2. The van der Waals surface area contributed by atoms with Crippen LogP contribution >= 0.6 is 7.82 Å². The number of allylic oxidation sites excluding steroid dienone is 22. The maximum Gasteiger partial charge on any atom is 0.306 e. The van der Waals surface area contributed by atoms with Gasteiger partial charge in [-0.2, -0.15) is 0 Å². The van der Waals surface area contributed by atoms with Gasteiger partial charge in [0.25, 0.3) is 7.82 Å². The zero-order valence-corrected chi connectivity index (χ0v) is 47.0. The van der Waals surface area contributed by atoms with Gasteiger partial charge >= 0.3 is 11.9 Å². The molecule has 0 N–H and O–H groups in total. The van der Waals surface area contributed by atoms with E-state index in [4.69, 9.17) is 18.5 Å². The van der Waals surface area contributed by atoms with E-state index in [-0.39, 0.29) is 26.1 Å². The second-order valence-corrected chi connectivity index (χ2v) is 20.6. The number of quaternary nitrogens is 1. The predicted molar refractivity (Wildman–Crippen MR) is 304 cm³/mol. The summed E-state index contributed by atoms with van der Waals surface area (Å²) in [6, 6.07) is 0. The molecule has 0 aromatic rings. The lowest BCUT2D eigenvalue weighted by Gasteiger charge is -2.28. The number of carbonyl (C=O) groups excluding carboxylic acids is 2. The van der Waals surface area contributed by atoms with Crippen molar-refractivity contribution in [1.82, 2.24) is 0 Å². The van der Waals surface area contributed by atoms with Crippen molar-refractivity contribution in [3.8, 4) is 0 Å². The molecule has 0 fully saturated rings. The van der Waals surface area contributed by atoms with E-state index in [2.05, 4.69) is 148 Å². The van der Waals surface area contributed by atoms with Crippen LogP contribution in [0.2, 0.25) is 0 Å². The van der Waals surface area contributed by atoms with Crippen LogP contribution in [0.5, 0.6) is 0 Å². The molecule has 0 aromatic carbocycles. The molecule has 0 bridgehead atoms. The molecular formula is C62H102NO8P. The predicted octanol–water partition coefficient (Wildman–Crippen LogP) is 16.7. The second-order valence-electron chi connectivity index (χ2n) is 19.2. The van der Waals surface area contributed by atoms with E-state index >= 15 is 0 Å². The molecule has 0 aliphatic rings. The molecule has 0 spiro atoms. The van der Waals surface area contributed by atoms with Crippen molar-refractivity contribution in [3.05, 3.63) is 134 Å². The van der Waals surface area contributed by atoms with Crippen LogP contribution in [0, 0.1) is 0 Å². The summed E-state index contributed by atoms with van der Waals surface area (Å²) in [6.45, 7) is 4.04. The summed E-state index contributed by atoms with van der Waals surface area (Å²) in [5.41, 5.74) is 0. The summed E-state index contributed by atoms with van der Waals surface area (Å²) in [4.78, 5) is 37.6. The molecule has 408 valence electrons. The van der Waals surface area contributed by atoms with E-state index < -0.39 is 32.5 Å². The van der Waals surface area contributed by atoms with Crippen molar-refractivity contribution in [2.75, 3.05) is 47.5 Å². The number of hydrogen-bond donors (Lipinski definition) is 0. The van der Waals surface area contributed by atoms with Crippen molar-refractivity contribution >= 4 is 19.8 Å². The molecule has 72 heavy (non-hydrogen) atoms. The minimum absolute atomic E-state index is 0.0408. The number of nitrogens with zero attached hydrogens (tertiary/aromatic N) is 1. The van der Waals surface area contributed by atoms with Gasteiger partial charge in [-0.05, 0) is 96.3 Å². The highest BCUT2D eigenvalue weighted by atomic mass is 31.2. The van der Waals surface area contributed by atoms with Crippen LogP contribution in [-0.4, -0.2) is 70.0 Å². The van der Waals surface area contributed by atoms with Crippen LogP contribution in [0.15, 0.2) is 134 Å². The van der Waals surface area contributed by atoms with Gasteiger partial charge in [-0.1, -0.05) is 218 Å². The van der Waals surface area contributed by atoms with Crippen LogP contribution in [0.25, 0.3) is 0 Å². The molecule has 0 aromatic heterocycles. The molecule has 0 aliphatic carbocycles. The number of carbonyl (C=O) groups is 2. The summed E-state index contributed by atoms with van der Waals surface area (Å²) < 4.78 is 33.9. The van der Waals surface area contributed by atoms with E-state index in [1.807, 2.05) is 21.1 Å². The largest absolute Gasteiger partial charge is 0.756 e. The average molecular weight is 1020 g/mol. The summed E-state index contributed by atoms with van der Waals surface area (Å²) in [7, 11) is 1.13. The van der Waals surface area contributed by atoms with Crippen molar-refractivity contribution in [2.45, 2.75) is 200 Å². The number of ether oxygens (including phenoxy) is 2. The first kappa shape index (κ1) is 68.2. The molecular weight excluding hydrogens is 918 g/mol. The normalized spacial score (nSPS) is 14.4. The number of rotatable bonds is 49. The molecule has 0 heterocycles. The number of likely N-dealkylation sites (N-methyl/N-ethyl adjacent to an activating group) is 1. The lowest BCUT2D eigenvalue weighted by Crippen LogP contribution is -2.37. The van der Waals surface area contributed by atoms with E-state index in [0.29, 0.717) is 17.4 Å². The number of phosphoric acid groups is 1. The highest BCUT2D eigenvalue weighted by Crippen LogP contribution is 2.38. The van der Waals surface area contributed by atoms with Gasteiger partial charge in [-0.3, -0.25) is 14.2 Å². The third-order valence-electron chi connectivity index (χ3n) is 11.2. The Kier molecular flexibility index (Phi) is 49.2. The Morgan fingerprint density at radius 3 is 1.18 bits per heavy atom. The number of unbranched alkanes of at least 4 members (excludes halogenated alkanes) is 13. The fraction of sp³-hybridized carbons (Fsp3) is 0.613. The van der Waals surface area contributed by atoms with Gasteiger partial charge in [0.2, 0.25) is 0 Å². The average Bonchev–Trinajstić information content (AvgIpc) is 3.34. The summed E-state index contributed by atoms with van der Waals surface area (Å²) in [5, 5.41) is 0. The minimum Gasteiger partial charge on any atom is -0.756 e. The third-order valence-corrected chi connectivity index (χ3v) is 12.1. The monoisotopic (exact) mass is 1020 g/mol. The Morgan fingerprint density at radius 1 is 0.444 bits per heavy atom. The molecule has 2 unspecified atom stereocenters. The smallest absolute Gasteiger partial charge is 0.306 e. The quantitative estimate of drug-likeness (QED) is 0.0195. The van der Waals surface area contributed by atoms with E-state index in [1.165, 1.54) is 38.5 Å². The molecule has 0 radical (unpaired) electrons. The Labute approximate surface area is 441 Å². The van der Waals surface area contributed by atoms with Crippen molar-refractivity contribution in [1.29, 1.82) is 0 Å². The Bertz CT molecular complexity index is 1670. The molecule has 0 rings (SSSR count). The standard InChI is InChI=1S/C62H102NO8P/c1-6-8-10-12-14-16-17-18-19-20-21-22-23-24-25-26-27-28-29-30-31-32-33-34-35-36-37-38-39-40-41-42-43-44-45-47-49-51-53-55-62(65)71-60(59-70-72(66,67)69-57-56-63(3,4)5)58-68-61(64)54-52-50-48-46-15-13-11-9-7-2/h8,10,14,16,18-19,21-22,24-25,27-28,30-31,33-34,36-37,39-40,42-43,60H,6-7,9,11-13,15,17,20,23,26,29,32,35,38,41,44-59H2,1-5H3/b10-8-,16-14-,19-18-,22-21-,25-24-,28-27-,31-30-,34-33-,37-36-,40-39-,43-42-. The Hall–Kier alpha value is -3.85. The minimum atomic E-state index is -4.64. The maximum absolute atomic E-state index is 12.7. The van der Waals surface area contributed by atoms with Crippen LogP contribution in [0.3, 0.4) is 0 Å². The zero-order valence-electron chi connectivity index (χ0n) is 46.1. The van der Waals surface area contributed by atoms with Gasteiger partial charge in [0.15, 0.2) is 6.10 Å². The van der Waals surface area contributed by atoms with Gasteiger partial charge in [-0.15, -0.1) is 0 Å². The molecule has 0 amide bonds. The summed E-state index contributed by atoms with van der Waals surface area (Å²) >= 11 is 0. The van der Waals surface area contributed by atoms with E-state index in [9.17, 15) is 19.0 Å². The fourth-order valence-electron chi connectivity index (χ4n) is 6.89. The Morgan fingerprint density at radius 2 is 0.792 bits per heavy atom. The van der Waals surface area contributed by atoms with Crippen LogP contribution in [-0.2, 0) is 32.7 Å².